The van der Waals surface area contributed by atoms with E-state index in [0.717, 1.165) is 31.0 Å². The van der Waals surface area contributed by atoms with Gasteiger partial charge in [0.1, 0.15) is 0 Å². The van der Waals surface area contributed by atoms with E-state index in [4.69, 9.17) is 0 Å². The predicted octanol–water partition coefficient (Wildman–Crippen LogP) is 4.34. The van der Waals surface area contributed by atoms with Gasteiger partial charge in [0.15, 0.2) is 5.96 Å². The smallest absolute Gasteiger partial charge is 0.191 e. The number of hydrogen-bond acceptors (Lipinski definition) is 2. The Labute approximate surface area is 162 Å². The maximum Gasteiger partial charge on any atom is 0.191 e. The van der Waals surface area contributed by atoms with Gasteiger partial charge in [-0.3, -0.25) is 9.98 Å². The van der Waals surface area contributed by atoms with Crippen LogP contribution in [0.2, 0.25) is 0 Å². The zero-order valence-electron chi connectivity index (χ0n) is 15.1. The molecule has 1 heterocycles. The monoisotopic (exact) mass is 440 g/mol. The molecule has 0 saturated heterocycles. The number of guanidine groups is 1. The molecule has 2 rings (SSSR count). The molecule has 0 amide bonds. The van der Waals surface area contributed by atoms with Crippen LogP contribution in [0.25, 0.3) is 10.9 Å². The highest BCUT2D eigenvalue weighted by Crippen LogP contribution is 2.19. The molecule has 0 fully saturated rings. The maximum absolute atomic E-state index is 4.40. The predicted molar refractivity (Wildman–Crippen MR) is 114 cm³/mol. The molecule has 2 aromatic rings. The van der Waals surface area contributed by atoms with Gasteiger partial charge >= 0.3 is 0 Å². The van der Waals surface area contributed by atoms with E-state index in [9.17, 15) is 0 Å². The highest BCUT2D eigenvalue weighted by molar-refractivity contribution is 14.0. The second kappa shape index (κ2) is 9.81. The van der Waals surface area contributed by atoms with E-state index >= 15 is 0 Å². The molecule has 1 aromatic carbocycles. The lowest BCUT2D eigenvalue weighted by molar-refractivity contribution is 0.365. The number of para-hydroxylation sites is 1. The number of rotatable bonds is 5. The average molecular weight is 440 g/mol. The van der Waals surface area contributed by atoms with Crippen LogP contribution >= 0.6 is 24.0 Å². The third-order valence-electron chi connectivity index (χ3n) is 3.81. The molecule has 2 N–H and O–H groups in total. The summed E-state index contributed by atoms with van der Waals surface area (Å²) in [5.74, 6) is 0.847. The first-order chi connectivity index (χ1) is 11.0. The van der Waals surface area contributed by atoms with E-state index in [-0.39, 0.29) is 24.0 Å². The summed E-state index contributed by atoms with van der Waals surface area (Å²) in [6.45, 7) is 8.49. The first-order valence-corrected chi connectivity index (χ1v) is 8.27. The molecule has 4 nitrogen and oxygen atoms in total. The van der Waals surface area contributed by atoms with E-state index < -0.39 is 0 Å². The van der Waals surface area contributed by atoms with Gasteiger partial charge in [-0.1, -0.05) is 39.0 Å². The molecule has 0 saturated carbocycles. The molecule has 5 heteroatoms. The lowest BCUT2D eigenvalue weighted by Gasteiger charge is -2.18. The van der Waals surface area contributed by atoms with E-state index in [1.807, 2.05) is 31.4 Å². The number of pyridine rings is 1. The molecule has 0 aliphatic rings. The molecular weight excluding hydrogens is 411 g/mol. The zero-order valence-corrected chi connectivity index (χ0v) is 17.4. The van der Waals surface area contributed by atoms with E-state index in [0.29, 0.717) is 5.41 Å². The van der Waals surface area contributed by atoms with E-state index in [2.05, 4.69) is 53.5 Å². The van der Waals surface area contributed by atoms with Gasteiger partial charge < -0.3 is 10.6 Å². The number of hydrogen-bond donors (Lipinski definition) is 2. The Kier molecular flexibility index (Phi) is 8.45. The Bertz CT molecular complexity index is 656. The van der Waals surface area contributed by atoms with Crippen molar-refractivity contribution in [1.82, 2.24) is 15.6 Å². The first-order valence-electron chi connectivity index (χ1n) is 8.27. The molecule has 0 atom stereocenters. The lowest BCUT2D eigenvalue weighted by atomic mass is 9.91. The Morgan fingerprint density at radius 2 is 1.88 bits per heavy atom. The van der Waals surface area contributed by atoms with Crippen molar-refractivity contribution < 1.29 is 0 Å². The van der Waals surface area contributed by atoms with Gasteiger partial charge in [-0.2, -0.15) is 0 Å². The zero-order chi connectivity index (χ0) is 16.7. The van der Waals surface area contributed by atoms with Crippen LogP contribution in [0.3, 0.4) is 0 Å². The van der Waals surface area contributed by atoms with Gasteiger partial charge in [-0.15, -0.1) is 24.0 Å². The van der Waals surface area contributed by atoms with Crippen molar-refractivity contribution >= 4 is 40.8 Å². The van der Waals surface area contributed by atoms with Gasteiger partial charge in [0, 0.05) is 31.7 Å². The first kappa shape index (κ1) is 20.7. The van der Waals surface area contributed by atoms with Crippen LogP contribution in [0.1, 0.15) is 39.2 Å². The largest absolute Gasteiger partial charge is 0.356 e. The summed E-state index contributed by atoms with van der Waals surface area (Å²) in [6.07, 6.45) is 4.20. The van der Waals surface area contributed by atoms with E-state index in [1.54, 1.807) is 0 Å². The molecule has 132 valence electrons. The normalized spacial score (nSPS) is 11.9. The molecule has 0 spiro atoms. The maximum atomic E-state index is 4.40. The second-order valence-corrected chi connectivity index (χ2v) is 7.00. The molecular formula is C19H29IN4. The summed E-state index contributed by atoms with van der Waals surface area (Å²) in [7, 11) is 1.81. The van der Waals surface area contributed by atoms with E-state index in [1.165, 1.54) is 17.4 Å². The van der Waals surface area contributed by atoms with Crippen LogP contribution in [-0.2, 0) is 6.54 Å². The number of fused-ring (bicyclic) bond motifs is 1. The Hall–Kier alpha value is -1.37. The summed E-state index contributed by atoms with van der Waals surface area (Å²) in [5, 5.41) is 7.96. The van der Waals surface area contributed by atoms with Crippen molar-refractivity contribution in [1.29, 1.82) is 0 Å². The van der Waals surface area contributed by atoms with Crippen LogP contribution < -0.4 is 10.6 Å². The third-order valence-corrected chi connectivity index (χ3v) is 3.81. The molecule has 0 unspecified atom stereocenters. The third kappa shape index (κ3) is 6.63. The molecule has 1 aromatic heterocycles. The minimum absolute atomic E-state index is 0. The Balaban J connectivity index is 0.00000288. The number of aliphatic imine (C=N–C) groups is 1. The van der Waals surface area contributed by atoms with Crippen molar-refractivity contribution in [2.75, 3.05) is 13.6 Å². The SMILES string of the molecule is CN=C(NCCCC(C)(C)C)NCc1ccnc2ccccc12.I. The Morgan fingerprint density at radius 1 is 1.12 bits per heavy atom. The molecule has 0 aliphatic heterocycles. The average Bonchev–Trinajstić information content (AvgIpc) is 2.53. The molecule has 0 aliphatic carbocycles. The number of nitrogens with one attached hydrogen (secondary N) is 2. The highest BCUT2D eigenvalue weighted by Gasteiger charge is 2.09. The van der Waals surface area contributed by atoms with Crippen molar-refractivity contribution in [3.63, 3.8) is 0 Å². The number of aromatic nitrogens is 1. The summed E-state index contributed by atoms with van der Waals surface area (Å²) in [5.41, 5.74) is 2.64. The van der Waals surface area contributed by atoms with Crippen LogP contribution in [0.5, 0.6) is 0 Å². The van der Waals surface area contributed by atoms with Crippen LogP contribution in [0.4, 0.5) is 0 Å². The Morgan fingerprint density at radius 3 is 2.58 bits per heavy atom. The summed E-state index contributed by atoms with van der Waals surface area (Å²) in [6, 6.07) is 10.3. The number of nitrogens with zero attached hydrogens (tertiary/aromatic N) is 2. The lowest BCUT2D eigenvalue weighted by Crippen LogP contribution is -2.37. The number of halogens is 1. The summed E-state index contributed by atoms with van der Waals surface area (Å²) in [4.78, 5) is 8.70. The van der Waals surface area contributed by atoms with Crippen LogP contribution in [-0.4, -0.2) is 24.5 Å². The topological polar surface area (TPSA) is 49.3 Å². The van der Waals surface area contributed by atoms with Crippen LogP contribution in [0, 0.1) is 5.41 Å². The molecule has 24 heavy (non-hydrogen) atoms. The minimum atomic E-state index is 0. The van der Waals surface area contributed by atoms with Gasteiger partial charge in [0.05, 0.1) is 5.52 Å². The quantitative estimate of drug-likeness (QED) is 0.315. The van der Waals surface area contributed by atoms with Crippen LogP contribution in [0.15, 0.2) is 41.5 Å². The van der Waals surface area contributed by atoms with Crippen molar-refractivity contribution in [3.8, 4) is 0 Å². The fraction of sp³-hybridized carbons (Fsp3) is 0.474. The number of benzene rings is 1. The second-order valence-electron chi connectivity index (χ2n) is 7.00. The fourth-order valence-corrected chi connectivity index (χ4v) is 2.53. The standard InChI is InChI=1S/C19H28N4.HI/c1-19(2,3)11-7-12-22-18(20-4)23-14-15-10-13-21-17-9-6-5-8-16(15)17;/h5-6,8-10,13H,7,11-12,14H2,1-4H3,(H2,20,22,23);1H. The van der Waals surface area contributed by atoms with Crippen molar-refractivity contribution in [2.24, 2.45) is 10.4 Å². The van der Waals surface area contributed by atoms with Gasteiger partial charge in [-0.05, 0) is 36.0 Å². The molecule has 0 bridgehead atoms. The van der Waals surface area contributed by atoms with Crippen molar-refractivity contribution in [3.05, 3.63) is 42.1 Å². The molecule has 0 radical (unpaired) electrons. The fourth-order valence-electron chi connectivity index (χ4n) is 2.53. The summed E-state index contributed by atoms with van der Waals surface area (Å²) < 4.78 is 0. The minimum Gasteiger partial charge on any atom is -0.356 e. The van der Waals surface area contributed by atoms with Gasteiger partial charge in [0.25, 0.3) is 0 Å². The van der Waals surface area contributed by atoms with Crippen molar-refractivity contribution in [2.45, 2.75) is 40.2 Å². The van der Waals surface area contributed by atoms with Gasteiger partial charge in [0.2, 0.25) is 0 Å². The summed E-state index contributed by atoms with van der Waals surface area (Å²) >= 11 is 0. The highest BCUT2D eigenvalue weighted by atomic mass is 127. The van der Waals surface area contributed by atoms with Gasteiger partial charge in [-0.25, -0.2) is 0 Å².